The smallest absolute Gasteiger partial charge is 0.233 e. The number of carbonyl (C=O) groups excluding carboxylic acids is 1. The zero-order chi connectivity index (χ0) is 15.7. The molecule has 0 aliphatic heterocycles. The van der Waals surface area contributed by atoms with Crippen LogP contribution < -0.4 is 10.6 Å². The van der Waals surface area contributed by atoms with Crippen LogP contribution in [0, 0.1) is 5.92 Å². The highest BCUT2D eigenvalue weighted by atomic mass is 32.2. The lowest BCUT2D eigenvalue weighted by molar-refractivity contribution is -0.120. The second kappa shape index (κ2) is 9.73. The Morgan fingerprint density at radius 3 is 2.76 bits per heavy atom. The fraction of sp³-hybridized carbons (Fsp3) is 0.846. The third kappa shape index (κ3) is 6.90. The predicted molar refractivity (Wildman–Crippen MR) is 84.1 cm³/mol. The van der Waals surface area contributed by atoms with Crippen LogP contribution in [-0.2, 0) is 11.3 Å². The number of amides is 1. The summed E-state index contributed by atoms with van der Waals surface area (Å²) in [7, 11) is 0. The van der Waals surface area contributed by atoms with E-state index in [0.29, 0.717) is 24.2 Å². The molecule has 2 N–H and O–H groups in total. The Balaban J connectivity index is 2.41. The van der Waals surface area contributed by atoms with E-state index in [-0.39, 0.29) is 11.2 Å². The van der Waals surface area contributed by atoms with Gasteiger partial charge in [0.05, 0.1) is 11.8 Å². The molecule has 0 aliphatic rings. The Hall–Kier alpha value is -1.15. The van der Waals surface area contributed by atoms with E-state index < -0.39 is 0 Å². The molecule has 0 spiro atoms. The topological polar surface area (TPSA) is 84.7 Å². The molecule has 120 valence electrons. The second-order valence-electron chi connectivity index (χ2n) is 5.33. The first-order chi connectivity index (χ1) is 10.0. The number of thioether (sulfide) groups is 1. The number of hydrogen-bond donors (Lipinski definition) is 2. The second-order valence-corrected chi connectivity index (χ2v) is 6.64. The van der Waals surface area contributed by atoms with Gasteiger partial charge in [-0.25, -0.2) is 4.68 Å². The number of carbonyl (C=O) groups is 1. The Labute approximate surface area is 130 Å². The normalized spacial score (nSPS) is 12.6. The van der Waals surface area contributed by atoms with E-state index in [9.17, 15) is 4.79 Å². The number of nitrogens with zero attached hydrogens (tertiary/aromatic N) is 4. The van der Waals surface area contributed by atoms with E-state index in [0.717, 1.165) is 19.5 Å². The van der Waals surface area contributed by atoms with E-state index in [1.54, 1.807) is 4.68 Å². The van der Waals surface area contributed by atoms with Crippen LogP contribution in [0.5, 0.6) is 0 Å². The van der Waals surface area contributed by atoms with Gasteiger partial charge in [-0.1, -0.05) is 32.5 Å². The van der Waals surface area contributed by atoms with Crippen LogP contribution in [0.2, 0.25) is 0 Å². The molecule has 1 amide bonds. The minimum atomic E-state index is -0.204. The van der Waals surface area contributed by atoms with Crippen molar-refractivity contribution in [2.24, 2.45) is 5.92 Å². The number of aromatic nitrogens is 4. The summed E-state index contributed by atoms with van der Waals surface area (Å²) in [6.07, 6.45) is 0.933. The third-order valence-corrected chi connectivity index (χ3v) is 3.82. The number of hydrogen-bond acceptors (Lipinski definition) is 6. The molecule has 1 rings (SSSR count). The largest absolute Gasteiger partial charge is 0.355 e. The first-order valence-corrected chi connectivity index (χ1v) is 8.33. The van der Waals surface area contributed by atoms with Crippen molar-refractivity contribution in [3.05, 3.63) is 0 Å². The van der Waals surface area contributed by atoms with Crippen LogP contribution in [0.3, 0.4) is 0 Å². The summed E-state index contributed by atoms with van der Waals surface area (Å²) in [6, 6.07) is 0. The maximum absolute atomic E-state index is 11.9. The van der Waals surface area contributed by atoms with Gasteiger partial charge in [0.1, 0.15) is 0 Å². The standard InChI is InChI=1S/C13H26N6OS/c1-5-6-15-12(20)11(4)21-13-16-17-18-19(13)8-7-14-9-10(2)3/h10-11,14H,5-9H2,1-4H3,(H,15,20). The van der Waals surface area contributed by atoms with Gasteiger partial charge in [-0.15, -0.1) is 5.10 Å². The van der Waals surface area contributed by atoms with Gasteiger partial charge in [0.25, 0.3) is 0 Å². The maximum Gasteiger partial charge on any atom is 0.233 e. The highest BCUT2D eigenvalue weighted by Crippen LogP contribution is 2.19. The molecule has 1 unspecified atom stereocenters. The molecule has 0 radical (unpaired) electrons. The summed E-state index contributed by atoms with van der Waals surface area (Å²) in [6.45, 7) is 11.4. The molecule has 21 heavy (non-hydrogen) atoms. The average Bonchev–Trinajstić information content (AvgIpc) is 2.88. The van der Waals surface area contributed by atoms with Gasteiger partial charge in [-0.2, -0.15) is 0 Å². The van der Waals surface area contributed by atoms with E-state index >= 15 is 0 Å². The quantitative estimate of drug-likeness (QED) is 0.493. The van der Waals surface area contributed by atoms with E-state index in [4.69, 9.17) is 0 Å². The number of rotatable bonds is 10. The van der Waals surface area contributed by atoms with Crippen LogP contribution in [0.15, 0.2) is 5.16 Å². The lowest BCUT2D eigenvalue weighted by atomic mass is 10.2. The van der Waals surface area contributed by atoms with Gasteiger partial charge in [0.2, 0.25) is 11.1 Å². The molecule has 0 bridgehead atoms. The highest BCUT2D eigenvalue weighted by molar-refractivity contribution is 8.00. The fourth-order valence-corrected chi connectivity index (χ4v) is 2.44. The third-order valence-electron chi connectivity index (χ3n) is 2.75. The monoisotopic (exact) mass is 314 g/mol. The summed E-state index contributed by atoms with van der Waals surface area (Å²) in [5.41, 5.74) is 0. The van der Waals surface area contributed by atoms with Gasteiger partial charge >= 0.3 is 0 Å². The first-order valence-electron chi connectivity index (χ1n) is 7.45. The van der Waals surface area contributed by atoms with Crippen molar-refractivity contribution in [2.75, 3.05) is 19.6 Å². The maximum atomic E-state index is 11.9. The molecule has 0 aromatic carbocycles. The van der Waals surface area contributed by atoms with Gasteiger partial charge in [-0.05, 0) is 36.2 Å². The zero-order valence-electron chi connectivity index (χ0n) is 13.3. The van der Waals surface area contributed by atoms with Crippen molar-refractivity contribution in [1.29, 1.82) is 0 Å². The molecule has 1 aromatic rings. The molecular formula is C13H26N6OS. The van der Waals surface area contributed by atoms with Crippen molar-refractivity contribution in [2.45, 2.75) is 51.1 Å². The summed E-state index contributed by atoms with van der Waals surface area (Å²) in [5, 5.41) is 18.4. The SMILES string of the molecule is CCCNC(=O)C(C)Sc1nnnn1CCNCC(C)C. The zero-order valence-corrected chi connectivity index (χ0v) is 14.1. The van der Waals surface area contributed by atoms with E-state index in [2.05, 4.69) is 40.0 Å². The van der Waals surface area contributed by atoms with Crippen molar-refractivity contribution >= 4 is 17.7 Å². The molecule has 8 heteroatoms. The summed E-state index contributed by atoms with van der Waals surface area (Å²) in [4.78, 5) is 11.9. The van der Waals surface area contributed by atoms with Crippen molar-refractivity contribution in [3.8, 4) is 0 Å². The molecule has 0 saturated heterocycles. The Bertz CT molecular complexity index is 423. The number of nitrogens with one attached hydrogen (secondary N) is 2. The molecular weight excluding hydrogens is 288 g/mol. The molecule has 0 aliphatic carbocycles. The molecule has 1 heterocycles. The van der Waals surface area contributed by atoms with Gasteiger partial charge in [0, 0.05) is 13.1 Å². The minimum Gasteiger partial charge on any atom is -0.355 e. The molecule has 1 aromatic heterocycles. The fourth-order valence-electron chi connectivity index (χ4n) is 1.60. The Morgan fingerprint density at radius 2 is 2.10 bits per heavy atom. The summed E-state index contributed by atoms with van der Waals surface area (Å²) >= 11 is 1.39. The summed E-state index contributed by atoms with van der Waals surface area (Å²) < 4.78 is 1.74. The van der Waals surface area contributed by atoms with Crippen molar-refractivity contribution in [1.82, 2.24) is 30.8 Å². The lowest BCUT2D eigenvalue weighted by Crippen LogP contribution is -2.31. The Morgan fingerprint density at radius 1 is 1.33 bits per heavy atom. The molecule has 1 atom stereocenters. The number of tetrazole rings is 1. The lowest BCUT2D eigenvalue weighted by Gasteiger charge is -2.11. The minimum absolute atomic E-state index is 0.0225. The average molecular weight is 314 g/mol. The first kappa shape index (κ1) is 17.9. The summed E-state index contributed by atoms with van der Waals surface area (Å²) in [5.74, 6) is 0.643. The Kier molecular flexibility index (Phi) is 8.29. The van der Waals surface area contributed by atoms with Crippen molar-refractivity contribution < 1.29 is 4.79 Å². The molecule has 7 nitrogen and oxygen atoms in total. The molecule has 0 saturated carbocycles. The van der Waals surface area contributed by atoms with E-state index in [1.807, 2.05) is 13.8 Å². The van der Waals surface area contributed by atoms with Gasteiger partial charge < -0.3 is 10.6 Å². The van der Waals surface area contributed by atoms with Crippen LogP contribution >= 0.6 is 11.8 Å². The predicted octanol–water partition coefficient (Wildman–Crippen LogP) is 0.926. The van der Waals surface area contributed by atoms with Crippen LogP contribution in [0.1, 0.15) is 34.1 Å². The van der Waals surface area contributed by atoms with Crippen LogP contribution in [0.4, 0.5) is 0 Å². The van der Waals surface area contributed by atoms with Crippen LogP contribution in [-0.4, -0.2) is 51.0 Å². The van der Waals surface area contributed by atoms with Crippen molar-refractivity contribution in [3.63, 3.8) is 0 Å². The van der Waals surface area contributed by atoms with Crippen LogP contribution in [0.25, 0.3) is 0 Å². The van der Waals surface area contributed by atoms with E-state index in [1.165, 1.54) is 11.8 Å². The van der Waals surface area contributed by atoms with Gasteiger partial charge in [-0.3, -0.25) is 4.79 Å². The molecule has 0 fully saturated rings. The van der Waals surface area contributed by atoms with Gasteiger partial charge in [0.15, 0.2) is 0 Å². The highest BCUT2D eigenvalue weighted by Gasteiger charge is 2.17.